The van der Waals surface area contributed by atoms with Gasteiger partial charge in [0.2, 0.25) is 11.6 Å². The Bertz CT molecular complexity index is 815. The smallest absolute Gasteiger partial charge is 0.362 e. The van der Waals surface area contributed by atoms with Gasteiger partial charge in [-0.15, -0.1) is 5.10 Å². The van der Waals surface area contributed by atoms with Crippen molar-refractivity contribution in [1.29, 1.82) is 0 Å². The SMILES string of the molecule is O=C(O)c1nn[nH]c1Oc1cccc(C#CCC2CC(F)(F)C2)c1. The molecule has 0 bridgehead atoms. The first-order valence-corrected chi connectivity index (χ1v) is 7.22. The van der Waals surface area contributed by atoms with Gasteiger partial charge in [-0.25, -0.2) is 18.7 Å². The van der Waals surface area contributed by atoms with E-state index in [2.05, 4.69) is 27.3 Å². The van der Waals surface area contributed by atoms with Gasteiger partial charge in [0.15, 0.2) is 0 Å². The minimum Gasteiger partial charge on any atom is -0.476 e. The predicted octanol–water partition coefficient (Wildman–Crippen LogP) is 3.08. The molecule has 1 aliphatic carbocycles. The van der Waals surface area contributed by atoms with Crippen LogP contribution in [0.4, 0.5) is 8.78 Å². The van der Waals surface area contributed by atoms with E-state index in [1.165, 1.54) is 0 Å². The number of nitrogens with one attached hydrogen (secondary N) is 1. The lowest BCUT2D eigenvalue weighted by molar-refractivity contribution is -0.108. The minimum absolute atomic E-state index is 0.0545. The summed E-state index contributed by atoms with van der Waals surface area (Å²) < 4.78 is 30.9. The van der Waals surface area contributed by atoms with Gasteiger partial charge in [-0.1, -0.05) is 23.1 Å². The van der Waals surface area contributed by atoms with Crippen molar-refractivity contribution in [1.82, 2.24) is 15.4 Å². The molecule has 2 N–H and O–H groups in total. The summed E-state index contributed by atoms with van der Waals surface area (Å²) in [7, 11) is 0. The first-order valence-electron chi connectivity index (χ1n) is 7.22. The van der Waals surface area contributed by atoms with Gasteiger partial charge < -0.3 is 9.84 Å². The number of halogens is 2. The van der Waals surface area contributed by atoms with Crippen LogP contribution in [0.25, 0.3) is 0 Å². The van der Waals surface area contributed by atoms with Gasteiger partial charge in [-0.2, -0.15) is 0 Å². The van der Waals surface area contributed by atoms with Gasteiger partial charge in [0.05, 0.1) is 0 Å². The molecule has 1 saturated carbocycles. The van der Waals surface area contributed by atoms with Crippen molar-refractivity contribution in [3.8, 4) is 23.5 Å². The largest absolute Gasteiger partial charge is 0.476 e. The molecule has 0 spiro atoms. The lowest BCUT2D eigenvalue weighted by atomic mass is 9.79. The average Bonchev–Trinajstić information content (AvgIpc) is 2.94. The maximum atomic E-state index is 12.7. The summed E-state index contributed by atoms with van der Waals surface area (Å²) in [6, 6.07) is 6.69. The Kier molecular flexibility index (Phi) is 4.16. The highest BCUT2D eigenvalue weighted by atomic mass is 19.3. The van der Waals surface area contributed by atoms with Crippen LogP contribution in [0.3, 0.4) is 0 Å². The molecule has 2 aromatic rings. The number of ether oxygens (including phenoxy) is 1. The number of hydrogen-bond acceptors (Lipinski definition) is 4. The Morgan fingerprint density at radius 2 is 2.25 bits per heavy atom. The Labute approximate surface area is 135 Å². The molecule has 1 fully saturated rings. The molecule has 24 heavy (non-hydrogen) atoms. The maximum absolute atomic E-state index is 12.7. The lowest BCUT2D eigenvalue weighted by Gasteiger charge is -2.33. The second-order valence-electron chi connectivity index (χ2n) is 5.56. The summed E-state index contributed by atoms with van der Waals surface area (Å²) in [5.41, 5.74) is 0.320. The molecule has 0 unspecified atom stereocenters. The van der Waals surface area contributed by atoms with Gasteiger partial charge in [0, 0.05) is 24.8 Å². The van der Waals surface area contributed by atoms with Crippen molar-refractivity contribution in [2.24, 2.45) is 5.92 Å². The number of rotatable bonds is 4. The van der Waals surface area contributed by atoms with E-state index in [0.717, 1.165) is 0 Å². The van der Waals surface area contributed by atoms with Crippen molar-refractivity contribution in [3.05, 3.63) is 35.5 Å². The highest BCUT2D eigenvalue weighted by Gasteiger charge is 2.44. The predicted molar refractivity (Wildman–Crippen MR) is 79.0 cm³/mol. The zero-order valence-electron chi connectivity index (χ0n) is 12.4. The Hall–Kier alpha value is -2.95. The number of carboxylic acid groups (broad SMARTS) is 1. The summed E-state index contributed by atoms with van der Waals surface area (Å²) in [5, 5.41) is 18.1. The molecular weight excluding hydrogens is 320 g/mol. The highest BCUT2D eigenvalue weighted by Crippen LogP contribution is 2.43. The first-order chi connectivity index (χ1) is 11.4. The quantitative estimate of drug-likeness (QED) is 0.840. The van der Waals surface area contributed by atoms with Crippen LogP contribution in [-0.2, 0) is 0 Å². The minimum atomic E-state index is -2.53. The van der Waals surface area contributed by atoms with E-state index in [-0.39, 0.29) is 30.3 Å². The van der Waals surface area contributed by atoms with Crippen LogP contribution in [0.5, 0.6) is 11.6 Å². The van der Waals surface area contributed by atoms with Crippen LogP contribution in [0.2, 0.25) is 0 Å². The third-order valence-electron chi connectivity index (χ3n) is 3.57. The first kappa shape index (κ1) is 15.9. The molecule has 124 valence electrons. The van der Waals surface area contributed by atoms with Crippen LogP contribution in [0, 0.1) is 17.8 Å². The summed E-state index contributed by atoms with van der Waals surface area (Å²) in [4.78, 5) is 10.9. The van der Waals surface area contributed by atoms with E-state index in [4.69, 9.17) is 9.84 Å². The molecule has 0 saturated heterocycles. The fourth-order valence-electron chi connectivity index (χ4n) is 2.41. The van der Waals surface area contributed by atoms with E-state index >= 15 is 0 Å². The molecule has 8 heteroatoms. The standard InChI is InChI=1S/C16H13F2N3O3/c17-16(18)8-11(9-16)5-1-3-10-4-2-6-12(7-10)24-14-13(15(22)23)19-21-20-14/h2,4,6-7,11H,5,8-9H2,(H,22,23)(H,19,20,21). The van der Waals surface area contributed by atoms with E-state index in [0.29, 0.717) is 17.7 Å². The van der Waals surface area contributed by atoms with Gasteiger partial charge in [-0.05, 0) is 24.1 Å². The Balaban J connectivity index is 1.64. The van der Waals surface area contributed by atoms with Crippen LogP contribution >= 0.6 is 0 Å². The number of aromatic nitrogens is 3. The molecule has 1 aromatic heterocycles. The normalized spacial score (nSPS) is 15.9. The zero-order valence-corrected chi connectivity index (χ0v) is 12.4. The summed E-state index contributed by atoms with van der Waals surface area (Å²) >= 11 is 0. The van der Waals surface area contributed by atoms with E-state index in [9.17, 15) is 13.6 Å². The van der Waals surface area contributed by atoms with Crippen LogP contribution < -0.4 is 4.74 Å². The molecule has 0 aliphatic heterocycles. The number of aromatic amines is 1. The number of carboxylic acids is 1. The highest BCUT2D eigenvalue weighted by molar-refractivity contribution is 5.87. The zero-order chi connectivity index (χ0) is 17.2. The number of aromatic carboxylic acids is 1. The average molecular weight is 333 g/mol. The van der Waals surface area contributed by atoms with Crippen molar-refractivity contribution in [2.45, 2.75) is 25.2 Å². The van der Waals surface area contributed by atoms with E-state index in [1.54, 1.807) is 24.3 Å². The molecule has 0 atom stereocenters. The van der Waals surface area contributed by atoms with Gasteiger partial charge in [-0.3, -0.25) is 0 Å². The topological polar surface area (TPSA) is 88.1 Å². The fraction of sp³-hybridized carbons (Fsp3) is 0.312. The van der Waals surface area contributed by atoms with Crippen LogP contribution in [0.15, 0.2) is 24.3 Å². The van der Waals surface area contributed by atoms with E-state index in [1.807, 2.05) is 0 Å². The fourth-order valence-corrected chi connectivity index (χ4v) is 2.41. The van der Waals surface area contributed by atoms with Crippen molar-refractivity contribution >= 4 is 5.97 Å². The molecular formula is C16H13F2N3O3. The Morgan fingerprint density at radius 3 is 2.96 bits per heavy atom. The van der Waals surface area contributed by atoms with Crippen molar-refractivity contribution in [2.75, 3.05) is 0 Å². The number of nitrogens with zero attached hydrogens (tertiary/aromatic N) is 2. The molecule has 3 rings (SSSR count). The summed E-state index contributed by atoms with van der Waals surface area (Å²) in [6.07, 6.45) is 0.222. The molecule has 0 amide bonds. The lowest BCUT2D eigenvalue weighted by Crippen LogP contribution is -2.34. The number of H-pyrrole nitrogens is 1. The third kappa shape index (κ3) is 3.68. The number of carbonyl (C=O) groups is 1. The van der Waals surface area contributed by atoms with Crippen LogP contribution in [-0.4, -0.2) is 32.4 Å². The maximum Gasteiger partial charge on any atom is 0.362 e. The Morgan fingerprint density at radius 1 is 1.46 bits per heavy atom. The van der Waals surface area contributed by atoms with Gasteiger partial charge in [0.25, 0.3) is 5.88 Å². The van der Waals surface area contributed by atoms with Crippen molar-refractivity contribution < 1.29 is 23.4 Å². The summed E-state index contributed by atoms with van der Waals surface area (Å²) in [6.45, 7) is 0. The summed E-state index contributed by atoms with van der Waals surface area (Å²) in [5.74, 6) is 2.23. The van der Waals surface area contributed by atoms with Crippen molar-refractivity contribution in [3.63, 3.8) is 0 Å². The van der Waals surface area contributed by atoms with Gasteiger partial charge in [0.1, 0.15) is 5.75 Å². The number of alkyl halides is 2. The third-order valence-corrected chi connectivity index (χ3v) is 3.57. The number of benzene rings is 1. The van der Waals surface area contributed by atoms with Gasteiger partial charge >= 0.3 is 5.97 Å². The molecule has 1 aliphatic rings. The number of hydrogen-bond donors (Lipinski definition) is 2. The van der Waals surface area contributed by atoms with E-state index < -0.39 is 11.9 Å². The monoisotopic (exact) mass is 333 g/mol. The van der Waals surface area contributed by atoms with Crippen LogP contribution in [0.1, 0.15) is 35.3 Å². The molecule has 1 aromatic carbocycles. The molecule has 6 nitrogen and oxygen atoms in total. The second-order valence-corrected chi connectivity index (χ2v) is 5.56. The molecule has 0 radical (unpaired) electrons. The molecule has 1 heterocycles. The second kappa shape index (κ2) is 6.28.